The van der Waals surface area contributed by atoms with Crippen LogP contribution >= 0.6 is 0 Å². The average molecular weight is 382 g/mol. The van der Waals surface area contributed by atoms with E-state index >= 15 is 0 Å². The Kier molecular flexibility index (Phi) is 4.09. The van der Waals surface area contributed by atoms with Crippen molar-refractivity contribution in [3.05, 3.63) is 46.8 Å². The van der Waals surface area contributed by atoms with Crippen molar-refractivity contribution in [2.75, 3.05) is 13.4 Å². The number of aromatic hydroxyl groups is 1. The molecule has 0 bridgehead atoms. The fourth-order valence-electron chi connectivity index (χ4n) is 3.50. The number of hydrogen-bond donors (Lipinski definition) is 1. The van der Waals surface area contributed by atoms with Crippen LogP contribution in [0.25, 0.3) is 22.1 Å². The van der Waals surface area contributed by atoms with Crippen LogP contribution in [0.2, 0.25) is 0 Å². The zero-order valence-electron chi connectivity index (χ0n) is 15.0. The van der Waals surface area contributed by atoms with Crippen molar-refractivity contribution in [3.63, 3.8) is 0 Å². The van der Waals surface area contributed by atoms with Crippen LogP contribution in [-0.4, -0.2) is 24.8 Å². The fourth-order valence-corrected chi connectivity index (χ4v) is 3.50. The van der Waals surface area contributed by atoms with Crippen molar-refractivity contribution in [1.82, 2.24) is 0 Å². The lowest BCUT2D eigenvalue weighted by Crippen LogP contribution is -2.25. The van der Waals surface area contributed by atoms with Gasteiger partial charge in [-0.1, -0.05) is 6.07 Å². The molecule has 1 N–H and O–H groups in total. The van der Waals surface area contributed by atoms with Crippen molar-refractivity contribution < 1.29 is 28.5 Å². The maximum Gasteiger partial charge on any atom is 0.231 e. The molecule has 0 saturated carbocycles. The summed E-state index contributed by atoms with van der Waals surface area (Å²) in [6.45, 7) is 0.803. The van der Waals surface area contributed by atoms with E-state index in [4.69, 9.17) is 23.4 Å². The van der Waals surface area contributed by atoms with Gasteiger partial charge in [0.25, 0.3) is 0 Å². The SMILES string of the molecule is O=c1c(-c2ccc3c(c2)OCO3)coc2cc(OC3CCCCO3)cc(O)c12. The molecule has 3 heterocycles. The van der Waals surface area contributed by atoms with E-state index in [2.05, 4.69) is 0 Å². The van der Waals surface area contributed by atoms with Gasteiger partial charge in [0.1, 0.15) is 28.7 Å². The van der Waals surface area contributed by atoms with Crippen molar-refractivity contribution in [3.8, 4) is 34.1 Å². The molecule has 2 aliphatic heterocycles. The predicted octanol–water partition coefficient (Wildman–Crippen LogP) is 3.80. The Morgan fingerprint density at radius 3 is 2.82 bits per heavy atom. The molecule has 144 valence electrons. The van der Waals surface area contributed by atoms with Gasteiger partial charge in [-0.25, -0.2) is 0 Å². The lowest BCUT2D eigenvalue weighted by atomic mass is 10.0. The molecule has 0 amide bonds. The van der Waals surface area contributed by atoms with Crippen LogP contribution in [0.1, 0.15) is 19.3 Å². The molecule has 3 aromatic rings. The van der Waals surface area contributed by atoms with Crippen molar-refractivity contribution >= 4 is 11.0 Å². The van der Waals surface area contributed by atoms with Crippen LogP contribution in [-0.2, 0) is 4.74 Å². The molecule has 1 unspecified atom stereocenters. The van der Waals surface area contributed by atoms with Crippen molar-refractivity contribution in [1.29, 1.82) is 0 Å². The lowest BCUT2D eigenvalue weighted by molar-refractivity contribution is -0.105. The van der Waals surface area contributed by atoms with E-state index in [1.165, 1.54) is 12.3 Å². The Hall–Kier alpha value is -3.19. The van der Waals surface area contributed by atoms with Crippen LogP contribution < -0.4 is 19.6 Å². The zero-order valence-corrected chi connectivity index (χ0v) is 15.0. The van der Waals surface area contributed by atoms with E-state index in [0.29, 0.717) is 35.0 Å². The Bertz CT molecular complexity index is 1100. The minimum Gasteiger partial charge on any atom is -0.507 e. The first-order chi connectivity index (χ1) is 13.7. The van der Waals surface area contributed by atoms with Gasteiger partial charge in [0.05, 0.1) is 12.2 Å². The van der Waals surface area contributed by atoms with E-state index in [-0.39, 0.29) is 35.2 Å². The molecular formula is C21H18O7. The molecule has 1 fully saturated rings. The van der Waals surface area contributed by atoms with Gasteiger partial charge in [-0.3, -0.25) is 4.79 Å². The first-order valence-electron chi connectivity index (χ1n) is 9.16. The minimum atomic E-state index is -0.356. The monoisotopic (exact) mass is 382 g/mol. The van der Waals surface area contributed by atoms with Gasteiger partial charge < -0.3 is 28.5 Å². The van der Waals surface area contributed by atoms with E-state index in [1.807, 2.05) is 0 Å². The van der Waals surface area contributed by atoms with Crippen LogP contribution in [0.5, 0.6) is 23.0 Å². The third kappa shape index (κ3) is 2.93. The predicted molar refractivity (Wildman–Crippen MR) is 99.9 cm³/mol. The third-order valence-corrected chi connectivity index (χ3v) is 4.92. The first kappa shape index (κ1) is 16.9. The van der Waals surface area contributed by atoms with Crippen LogP contribution in [0.4, 0.5) is 0 Å². The van der Waals surface area contributed by atoms with Gasteiger partial charge in [-0.05, 0) is 30.5 Å². The summed E-state index contributed by atoms with van der Waals surface area (Å²) >= 11 is 0. The van der Waals surface area contributed by atoms with Gasteiger partial charge in [-0.2, -0.15) is 0 Å². The number of phenols is 1. The highest BCUT2D eigenvalue weighted by Crippen LogP contribution is 2.36. The molecule has 0 radical (unpaired) electrons. The zero-order chi connectivity index (χ0) is 19.1. The summed E-state index contributed by atoms with van der Waals surface area (Å²) in [6, 6.07) is 8.22. The maximum atomic E-state index is 13.0. The number of benzene rings is 2. The second-order valence-electron chi connectivity index (χ2n) is 6.78. The fraction of sp³-hybridized carbons (Fsp3) is 0.286. The molecule has 1 aromatic heterocycles. The van der Waals surface area contributed by atoms with E-state index in [0.717, 1.165) is 19.3 Å². The molecule has 2 aromatic carbocycles. The summed E-state index contributed by atoms with van der Waals surface area (Å²) in [5.41, 5.74) is 0.860. The summed E-state index contributed by atoms with van der Waals surface area (Å²) < 4.78 is 27.6. The molecule has 7 heteroatoms. The standard InChI is InChI=1S/C21H18O7/c22-15-8-13(28-19-3-1-2-6-24-19)9-18-20(15)21(23)14(10-25-18)12-4-5-16-17(7-12)27-11-26-16/h4-5,7-10,19,22H,1-3,6,11H2. The van der Waals surface area contributed by atoms with Crippen molar-refractivity contribution in [2.24, 2.45) is 0 Å². The Morgan fingerprint density at radius 1 is 1.07 bits per heavy atom. The summed E-state index contributed by atoms with van der Waals surface area (Å²) in [7, 11) is 0. The Morgan fingerprint density at radius 2 is 1.96 bits per heavy atom. The summed E-state index contributed by atoms with van der Waals surface area (Å²) in [5, 5.41) is 10.6. The van der Waals surface area contributed by atoms with Gasteiger partial charge in [0.15, 0.2) is 17.8 Å². The quantitative estimate of drug-likeness (QED) is 0.737. The van der Waals surface area contributed by atoms with Gasteiger partial charge in [0, 0.05) is 18.6 Å². The number of hydrogen-bond acceptors (Lipinski definition) is 7. The second-order valence-corrected chi connectivity index (χ2v) is 6.78. The summed E-state index contributed by atoms with van der Waals surface area (Å²) in [5.74, 6) is 1.40. The number of rotatable bonds is 3. The maximum absolute atomic E-state index is 13.0. The van der Waals surface area contributed by atoms with Crippen molar-refractivity contribution in [2.45, 2.75) is 25.6 Å². The third-order valence-electron chi connectivity index (χ3n) is 4.92. The lowest BCUT2D eigenvalue weighted by Gasteiger charge is -2.23. The van der Waals surface area contributed by atoms with Gasteiger partial charge in [0.2, 0.25) is 12.2 Å². The molecule has 1 atom stereocenters. The largest absolute Gasteiger partial charge is 0.507 e. The second kappa shape index (κ2) is 6.76. The normalized spacial score (nSPS) is 18.4. The van der Waals surface area contributed by atoms with Crippen LogP contribution in [0, 0.1) is 0 Å². The van der Waals surface area contributed by atoms with Crippen LogP contribution in [0.3, 0.4) is 0 Å². The minimum absolute atomic E-state index is 0.104. The van der Waals surface area contributed by atoms with Gasteiger partial charge >= 0.3 is 0 Å². The van der Waals surface area contributed by atoms with E-state index < -0.39 is 0 Å². The first-order valence-corrected chi connectivity index (χ1v) is 9.16. The summed E-state index contributed by atoms with van der Waals surface area (Å²) in [6.07, 6.45) is 3.84. The topological polar surface area (TPSA) is 87.4 Å². The highest BCUT2D eigenvalue weighted by atomic mass is 16.7. The van der Waals surface area contributed by atoms with Gasteiger partial charge in [-0.15, -0.1) is 0 Å². The summed E-state index contributed by atoms with van der Waals surface area (Å²) in [4.78, 5) is 13.0. The Labute approximate surface area is 160 Å². The van der Waals surface area contributed by atoms with E-state index in [1.54, 1.807) is 24.3 Å². The highest BCUT2D eigenvalue weighted by molar-refractivity contribution is 5.88. The Balaban J connectivity index is 1.53. The average Bonchev–Trinajstić information content (AvgIpc) is 3.16. The molecular weight excluding hydrogens is 364 g/mol. The molecule has 5 rings (SSSR count). The number of fused-ring (bicyclic) bond motifs is 2. The molecule has 0 aliphatic carbocycles. The van der Waals surface area contributed by atoms with E-state index in [9.17, 15) is 9.90 Å². The molecule has 0 spiro atoms. The van der Waals surface area contributed by atoms with Crippen LogP contribution in [0.15, 0.2) is 45.8 Å². The molecule has 7 nitrogen and oxygen atoms in total. The number of phenolic OH excluding ortho intramolecular Hbond substituents is 1. The molecule has 28 heavy (non-hydrogen) atoms. The number of ether oxygens (including phenoxy) is 4. The molecule has 1 saturated heterocycles. The smallest absolute Gasteiger partial charge is 0.231 e. The molecule has 2 aliphatic rings. The highest BCUT2D eigenvalue weighted by Gasteiger charge is 2.20.